The predicted molar refractivity (Wildman–Crippen MR) is 76.7 cm³/mol. The molecule has 1 aromatic carbocycles. The molecule has 2 heterocycles. The lowest BCUT2D eigenvalue weighted by atomic mass is 9.97. The second-order valence-electron chi connectivity index (χ2n) is 5.38. The van der Waals surface area contributed by atoms with Crippen molar-refractivity contribution in [3.8, 4) is 0 Å². The maximum Gasteiger partial charge on any atom is 0.306 e. The van der Waals surface area contributed by atoms with Crippen LogP contribution in [0, 0.1) is 5.92 Å². The number of carbonyl (C=O) groups excluding carboxylic acids is 1. The van der Waals surface area contributed by atoms with Crippen LogP contribution in [-0.4, -0.2) is 44.8 Å². The van der Waals surface area contributed by atoms with E-state index >= 15 is 0 Å². The second-order valence-corrected chi connectivity index (χ2v) is 5.38. The van der Waals surface area contributed by atoms with Crippen molar-refractivity contribution >= 4 is 22.8 Å². The van der Waals surface area contributed by atoms with Gasteiger partial charge >= 0.3 is 5.97 Å². The summed E-state index contributed by atoms with van der Waals surface area (Å²) in [7, 11) is 0. The van der Waals surface area contributed by atoms with Crippen LogP contribution in [0.1, 0.15) is 12.8 Å². The first kappa shape index (κ1) is 13.6. The quantitative estimate of drug-likeness (QED) is 0.925. The molecule has 1 fully saturated rings. The molecule has 0 radical (unpaired) electrons. The molecule has 0 unspecified atom stereocenters. The minimum Gasteiger partial charge on any atom is -0.481 e. The van der Waals surface area contributed by atoms with Gasteiger partial charge in [-0.15, -0.1) is 0 Å². The van der Waals surface area contributed by atoms with E-state index in [2.05, 4.69) is 5.10 Å². The highest BCUT2D eigenvalue weighted by atomic mass is 16.4. The summed E-state index contributed by atoms with van der Waals surface area (Å²) in [4.78, 5) is 24.9. The van der Waals surface area contributed by atoms with Gasteiger partial charge in [-0.2, -0.15) is 5.10 Å². The molecular weight excluding hydrogens is 270 g/mol. The van der Waals surface area contributed by atoms with Crippen LogP contribution in [0.15, 0.2) is 30.5 Å². The zero-order valence-corrected chi connectivity index (χ0v) is 11.6. The molecule has 6 nitrogen and oxygen atoms in total. The molecule has 1 amide bonds. The molecule has 3 rings (SSSR count). The number of aromatic nitrogens is 2. The third-order valence-electron chi connectivity index (χ3n) is 3.96. The van der Waals surface area contributed by atoms with Gasteiger partial charge in [0.2, 0.25) is 5.91 Å². The van der Waals surface area contributed by atoms with Crippen LogP contribution < -0.4 is 0 Å². The first-order valence-corrected chi connectivity index (χ1v) is 7.06. The first-order chi connectivity index (χ1) is 10.1. The Hall–Kier alpha value is -2.37. The van der Waals surface area contributed by atoms with Crippen LogP contribution in [0.4, 0.5) is 0 Å². The Balaban J connectivity index is 1.63. The standard InChI is InChI=1S/C15H17N3O3/c19-14(17-7-5-11(6-8-17)15(20)21)10-18-9-12-3-1-2-4-13(12)16-18/h1-4,9,11H,5-8,10H2,(H,20,21). The summed E-state index contributed by atoms with van der Waals surface area (Å²) in [5, 5.41) is 14.3. The van der Waals surface area contributed by atoms with E-state index in [9.17, 15) is 9.59 Å². The number of carboxylic acid groups (broad SMARTS) is 1. The summed E-state index contributed by atoms with van der Waals surface area (Å²) in [6, 6.07) is 7.72. The van der Waals surface area contributed by atoms with Gasteiger partial charge in [-0.25, -0.2) is 0 Å². The largest absolute Gasteiger partial charge is 0.481 e. The maximum atomic E-state index is 12.2. The van der Waals surface area contributed by atoms with Gasteiger partial charge in [0.15, 0.2) is 0 Å². The van der Waals surface area contributed by atoms with Crippen molar-refractivity contribution in [2.75, 3.05) is 13.1 Å². The number of carbonyl (C=O) groups is 2. The minimum absolute atomic E-state index is 0.00774. The van der Waals surface area contributed by atoms with Gasteiger partial charge in [-0.1, -0.05) is 18.2 Å². The van der Waals surface area contributed by atoms with Gasteiger partial charge < -0.3 is 10.0 Å². The highest BCUT2D eigenvalue weighted by Crippen LogP contribution is 2.18. The maximum absolute atomic E-state index is 12.2. The van der Waals surface area contributed by atoms with E-state index < -0.39 is 5.97 Å². The summed E-state index contributed by atoms with van der Waals surface area (Å²) in [6.07, 6.45) is 2.92. The Morgan fingerprint density at radius 1 is 1.24 bits per heavy atom. The molecule has 1 aliphatic heterocycles. The Labute approximate surface area is 122 Å². The van der Waals surface area contributed by atoms with Gasteiger partial charge in [-0.3, -0.25) is 14.3 Å². The van der Waals surface area contributed by atoms with Crippen LogP contribution in [0.25, 0.3) is 10.9 Å². The Bertz CT molecular complexity index is 639. The molecule has 1 aliphatic rings. The van der Waals surface area contributed by atoms with Crippen molar-refractivity contribution in [2.45, 2.75) is 19.4 Å². The molecule has 1 aromatic heterocycles. The smallest absolute Gasteiger partial charge is 0.306 e. The van der Waals surface area contributed by atoms with Gasteiger partial charge in [0.1, 0.15) is 6.54 Å². The lowest BCUT2D eigenvalue weighted by molar-refractivity contribution is -0.145. The fraction of sp³-hybridized carbons (Fsp3) is 0.400. The molecule has 0 aliphatic carbocycles. The highest BCUT2D eigenvalue weighted by molar-refractivity contribution is 5.80. The van der Waals surface area contributed by atoms with Crippen molar-refractivity contribution in [2.24, 2.45) is 5.92 Å². The minimum atomic E-state index is -0.763. The Morgan fingerprint density at radius 3 is 2.62 bits per heavy atom. The molecule has 0 atom stereocenters. The molecule has 2 aromatic rings. The number of amides is 1. The number of hydrogen-bond donors (Lipinski definition) is 1. The third-order valence-corrected chi connectivity index (χ3v) is 3.96. The highest BCUT2D eigenvalue weighted by Gasteiger charge is 2.27. The number of carboxylic acids is 1. The van der Waals surface area contributed by atoms with Crippen molar-refractivity contribution < 1.29 is 14.7 Å². The summed E-state index contributed by atoms with van der Waals surface area (Å²) < 4.78 is 1.65. The van der Waals surface area contributed by atoms with Crippen LogP contribution in [0.3, 0.4) is 0 Å². The van der Waals surface area contributed by atoms with Crippen LogP contribution >= 0.6 is 0 Å². The SMILES string of the molecule is O=C(O)C1CCN(C(=O)Cn2cc3ccccc3n2)CC1. The molecule has 21 heavy (non-hydrogen) atoms. The fourth-order valence-electron chi connectivity index (χ4n) is 2.71. The van der Waals surface area contributed by atoms with Crippen molar-refractivity contribution in [3.63, 3.8) is 0 Å². The topological polar surface area (TPSA) is 75.4 Å². The number of hydrogen-bond acceptors (Lipinski definition) is 3. The summed E-state index contributed by atoms with van der Waals surface area (Å²) in [5.74, 6) is -1.09. The van der Waals surface area contributed by atoms with Gasteiger partial charge in [-0.05, 0) is 18.9 Å². The van der Waals surface area contributed by atoms with Gasteiger partial charge in [0, 0.05) is 24.7 Å². The zero-order chi connectivity index (χ0) is 14.8. The second kappa shape index (κ2) is 5.55. The third kappa shape index (κ3) is 2.89. The monoisotopic (exact) mass is 287 g/mol. The van der Waals surface area contributed by atoms with E-state index in [0.717, 1.165) is 10.9 Å². The lowest BCUT2D eigenvalue weighted by Crippen LogP contribution is -2.41. The molecule has 1 N–H and O–H groups in total. The van der Waals surface area contributed by atoms with E-state index in [-0.39, 0.29) is 18.4 Å². The Kier molecular flexibility index (Phi) is 3.60. The molecule has 0 saturated carbocycles. The molecule has 6 heteroatoms. The molecule has 1 saturated heterocycles. The lowest BCUT2D eigenvalue weighted by Gasteiger charge is -2.30. The number of nitrogens with zero attached hydrogens (tertiary/aromatic N) is 3. The first-order valence-electron chi connectivity index (χ1n) is 7.06. The number of rotatable bonds is 3. The number of piperidine rings is 1. The summed E-state index contributed by atoms with van der Waals surface area (Å²) in [6.45, 7) is 1.22. The molecule has 110 valence electrons. The molecule has 0 bridgehead atoms. The average molecular weight is 287 g/mol. The van der Waals surface area contributed by atoms with Crippen molar-refractivity contribution in [1.29, 1.82) is 0 Å². The predicted octanol–water partition coefficient (Wildman–Crippen LogP) is 1.36. The Morgan fingerprint density at radius 2 is 1.95 bits per heavy atom. The number of aliphatic carboxylic acids is 1. The van der Waals surface area contributed by atoms with E-state index in [1.165, 1.54) is 0 Å². The average Bonchev–Trinajstić information content (AvgIpc) is 2.89. The fourth-order valence-corrected chi connectivity index (χ4v) is 2.71. The van der Waals surface area contributed by atoms with Crippen LogP contribution in [-0.2, 0) is 16.1 Å². The van der Waals surface area contributed by atoms with E-state index in [0.29, 0.717) is 25.9 Å². The number of fused-ring (bicyclic) bond motifs is 1. The van der Waals surface area contributed by atoms with Gasteiger partial charge in [0.25, 0.3) is 0 Å². The normalized spacial score (nSPS) is 16.3. The van der Waals surface area contributed by atoms with Gasteiger partial charge in [0.05, 0.1) is 11.4 Å². The van der Waals surface area contributed by atoms with E-state index in [4.69, 9.17) is 5.11 Å². The molecule has 0 spiro atoms. The van der Waals surface area contributed by atoms with E-state index in [1.807, 2.05) is 30.5 Å². The number of likely N-dealkylation sites (tertiary alicyclic amines) is 1. The van der Waals surface area contributed by atoms with Crippen molar-refractivity contribution in [1.82, 2.24) is 14.7 Å². The van der Waals surface area contributed by atoms with Crippen molar-refractivity contribution in [3.05, 3.63) is 30.5 Å². The summed E-state index contributed by atoms with van der Waals surface area (Å²) in [5.41, 5.74) is 0.870. The zero-order valence-electron chi connectivity index (χ0n) is 11.6. The molecular formula is C15H17N3O3. The van der Waals surface area contributed by atoms with Crippen LogP contribution in [0.5, 0.6) is 0 Å². The van der Waals surface area contributed by atoms with E-state index in [1.54, 1.807) is 9.58 Å². The summed E-state index contributed by atoms with van der Waals surface area (Å²) >= 11 is 0. The van der Waals surface area contributed by atoms with Crippen LogP contribution in [0.2, 0.25) is 0 Å². The number of benzene rings is 1.